The molecule has 0 unspecified atom stereocenters. The molecule has 3 rings (SSSR count). The molecule has 8 heteroatoms. The monoisotopic (exact) mass is 292 g/mol. The van der Waals surface area contributed by atoms with Gasteiger partial charge >= 0.3 is 0 Å². The lowest BCUT2D eigenvalue weighted by atomic mass is 10.1. The third-order valence-corrected chi connectivity index (χ3v) is 2.74. The predicted molar refractivity (Wildman–Crippen MR) is 63.1 cm³/mol. The Balaban J connectivity index is 2.13. The van der Waals surface area contributed by atoms with Crippen molar-refractivity contribution in [2.24, 2.45) is 4.99 Å². The summed E-state index contributed by atoms with van der Waals surface area (Å²) in [4.78, 5) is 15.8. The fourth-order valence-electron chi connectivity index (χ4n) is 1.54. The van der Waals surface area contributed by atoms with Crippen molar-refractivity contribution in [2.75, 3.05) is 5.32 Å². The highest BCUT2D eigenvalue weighted by Crippen LogP contribution is 2.27. The molecule has 0 spiro atoms. The van der Waals surface area contributed by atoms with E-state index < -0.39 is 0 Å². The lowest BCUT2D eigenvalue weighted by molar-refractivity contribution is -0.110. The molecule has 0 atom stereocenters. The van der Waals surface area contributed by atoms with Crippen LogP contribution in [0.15, 0.2) is 27.7 Å². The van der Waals surface area contributed by atoms with Crippen molar-refractivity contribution in [1.82, 2.24) is 20.6 Å². The number of carbonyl (C=O) groups is 1. The van der Waals surface area contributed by atoms with Gasteiger partial charge in [0.2, 0.25) is 0 Å². The molecule has 1 amide bonds. The van der Waals surface area contributed by atoms with E-state index >= 15 is 0 Å². The first-order valence-corrected chi connectivity index (χ1v) is 5.47. The van der Waals surface area contributed by atoms with Gasteiger partial charge in [-0.05, 0) is 23.4 Å². The van der Waals surface area contributed by atoms with E-state index in [-0.39, 0.29) is 17.6 Å². The zero-order chi connectivity index (χ0) is 11.8. The van der Waals surface area contributed by atoms with Gasteiger partial charge < -0.3 is 5.32 Å². The van der Waals surface area contributed by atoms with E-state index in [9.17, 15) is 4.79 Å². The number of nitrogens with one attached hydrogen (secondary N) is 2. The topological polar surface area (TPSA) is 95.9 Å². The zero-order valence-corrected chi connectivity index (χ0v) is 9.89. The van der Waals surface area contributed by atoms with Crippen molar-refractivity contribution in [3.63, 3.8) is 0 Å². The average Bonchev–Trinajstić information content (AvgIpc) is 2.90. The van der Waals surface area contributed by atoms with Crippen LogP contribution >= 0.6 is 15.9 Å². The summed E-state index contributed by atoms with van der Waals surface area (Å²) in [5.41, 5.74) is 1.72. The third kappa shape index (κ3) is 1.72. The molecule has 0 fully saturated rings. The van der Waals surface area contributed by atoms with Gasteiger partial charge in [0.05, 0.1) is 5.69 Å². The van der Waals surface area contributed by atoms with E-state index in [0.29, 0.717) is 5.56 Å². The van der Waals surface area contributed by atoms with Crippen molar-refractivity contribution in [2.45, 2.75) is 0 Å². The van der Waals surface area contributed by atoms with Gasteiger partial charge in [0.25, 0.3) is 11.9 Å². The molecular weight excluding hydrogens is 288 g/mol. The Morgan fingerprint density at radius 3 is 3.00 bits per heavy atom. The second kappa shape index (κ2) is 3.74. The molecule has 0 radical (unpaired) electrons. The lowest BCUT2D eigenvalue weighted by Crippen LogP contribution is -2.14. The minimum absolute atomic E-state index is 0.128. The fourth-order valence-corrected chi connectivity index (χ4v) is 1.90. The van der Waals surface area contributed by atoms with Gasteiger partial charge in [0, 0.05) is 10.0 Å². The Morgan fingerprint density at radius 2 is 2.24 bits per heavy atom. The molecular formula is C9H5BrN6O. The lowest BCUT2D eigenvalue weighted by Gasteiger charge is -1.97. The molecule has 0 bridgehead atoms. The molecule has 1 aromatic heterocycles. The van der Waals surface area contributed by atoms with Gasteiger partial charge in [0.15, 0.2) is 0 Å². The van der Waals surface area contributed by atoms with Crippen LogP contribution in [0.2, 0.25) is 0 Å². The number of nitrogens with zero attached hydrogens (tertiary/aromatic N) is 4. The zero-order valence-electron chi connectivity index (χ0n) is 8.31. The summed E-state index contributed by atoms with van der Waals surface area (Å²) in [7, 11) is 0. The number of aliphatic imine (C=N–C) groups is 1. The molecule has 84 valence electrons. The molecule has 2 aromatic rings. The molecule has 0 saturated carbocycles. The Labute approximate surface area is 103 Å². The number of rotatable bonds is 1. The first-order chi connectivity index (χ1) is 8.24. The number of fused-ring (bicyclic) bond motifs is 1. The van der Waals surface area contributed by atoms with Gasteiger partial charge in [-0.25, -0.2) is 4.99 Å². The van der Waals surface area contributed by atoms with Crippen LogP contribution in [0.5, 0.6) is 0 Å². The number of aromatic amines is 1. The van der Waals surface area contributed by atoms with Gasteiger partial charge in [-0.15, -0.1) is 5.10 Å². The summed E-state index contributed by atoms with van der Waals surface area (Å²) in [5, 5.41) is 15.7. The Morgan fingerprint density at radius 1 is 1.35 bits per heavy atom. The summed E-state index contributed by atoms with van der Waals surface area (Å²) < 4.78 is 0.869. The highest BCUT2D eigenvalue weighted by molar-refractivity contribution is 9.10. The fraction of sp³-hybridized carbons (Fsp3) is 0. The third-order valence-electron chi connectivity index (χ3n) is 2.25. The van der Waals surface area contributed by atoms with Crippen molar-refractivity contribution >= 4 is 39.2 Å². The summed E-state index contributed by atoms with van der Waals surface area (Å²) >= 11 is 3.35. The number of aromatic nitrogens is 4. The normalized spacial score (nSPS) is 16.1. The number of benzene rings is 1. The largest absolute Gasteiger partial charge is 0.320 e. The van der Waals surface area contributed by atoms with Crippen LogP contribution in [-0.2, 0) is 4.79 Å². The maximum atomic E-state index is 11.7. The summed E-state index contributed by atoms with van der Waals surface area (Å²) in [6, 6.07) is 5.46. The second-order valence-electron chi connectivity index (χ2n) is 3.32. The number of amides is 1. The van der Waals surface area contributed by atoms with Crippen LogP contribution in [0.25, 0.3) is 0 Å². The standard InChI is InChI=1S/C9H5BrN6O/c10-4-1-2-6-5(3-4)7(8(17)11-6)12-9-13-15-16-14-9/h1-3H,(H2,11,12,13,14,15,16,17). The van der Waals surface area contributed by atoms with Crippen molar-refractivity contribution in [3.8, 4) is 0 Å². The molecule has 2 N–H and O–H groups in total. The van der Waals surface area contributed by atoms with Crippen LogP contribution in [0.3, 0.4) is 0 Å². The number of carbonyl (C=O) groups excluding carboxylic acids is 1. The van der Waals surface area contributed by atoms with E-state index in [1.54, 1.807) is 6.07 Å². The summed E-state index contributed by atoms with van der Waals surface area (Å²) in [6.45, 7) is 0. The number of anilines is 1. The summed E-state index contributed by atoms with van der Waals surface area (Å²) in [6.07, 6.45) is 0. The molecule has 0 aliphatic carbocycles. The molecule has 0 saturated heterocycles. The van der Waals surface area contributed by atoms with E-state index in [2.05, 4.69) is 46.9 Å². The molecule has 1 aliphatic rings. The molecule has 1 aromatic carbocycles. The number of hydrogen-bond acceptors (Lipinski definition) is 5. The molecule has 2 heterocycles. The number of H-pyrrole nitrogens is 1. The van der Waals surface area contributed by atoms with Crippen molar-refractivity contribution in [3.05, 3.63) is 28.2 Å². The highest BCUT2D eigenvalue weighted by atomic mass is 79.9. The minimum Gasteiger partial charge on any atom is -0.320 e. The van der Waals surface area contributed by atoms with Crippen LogP contribution in [0.4, 0.5) is 11.6 Å². The number of tetrazole rings is 1. The van der Waals surface area contributed by atoms with Crippen LogP contribution < -0.4 is 5.32 Å². The maximum Gasteiger partial charge on any atom is 0.289 e. The quantitative estimate of drug-likeness (QED) is 0.821. The van der Waals surface area contributed by atoms with Gasteiger partial charge in [0.1, 0.15) is 5.71 Å². The van der Waals surface area contributed by atoms with E-state index in [1.165, 1.54) is 0 Å². The smallest absolute Gasteiger partial charge is 0.289 e. The van der Waals surface area contributed by atoms with E-state index in [4.69, 9.17) is 0 Å². The molecule has 1 aliphatic heterocycles. The van der Waals surface area contributed by atoms with Gasteiger partial charge in [-0.1, -0.05) is 21.0 Å². The first-order valence-electron chi connectivity index (χ1n) is 4.67. The van der Waals surface area contributed by atoms with E-state index in [0.717, 1.165) is 10.2 Å². The number of hydrogen-bond donors (Lipinski definition) is 2. The highest BCUT2D eigenvalue weighted by Gasteiger charge is 2.26. The van der Waals surface area contributed by atoms with E-state index in [1.807, 2.05) is 12.1 Å². The first kappa shape index (κ1) is 10.1. The van der Waals surface area contributed by atoms with Crippen LogP contribution in [0.1, 0.15) is 5.56 Å². The van der Waals surface area contributed by atoms with Gasteiger partial charge in [-0.2, -0.15) is 5.21 Å². The average molecular weight is 293 g/mol. The van der Waals surface area contributed by atoms with Crippen molar-refractivity contribution in [1.29, 1.82) is 0 Å². The molecule has 7 nitrogen and oxygen atoms in total. The predicted octanol–water partition coefficient (Wildman–Crippen LogP) is 1.04. The van der Waals surface area contributed by atoms with Gasteiger partial charge in [-0.3, -0.25) is 4.79 Å². The van der Waals surface area contributed by atoms with Crippen molar-refractivity contribution < 1.29 is 4.79 Å². The maximum absolute atomic E-state index is 11.7. The SMILES string of the molecule is O=C1Nc2ccc(Br)cc2C1=Nc1nn[nH]n1. The Kier molecular flexibility index (Phi) is 2.22. The Bertz CT molecular complexity index is 620. The van der Waals surface area contributed by atoms with Crippen LogP contribution in [0, 0.1) is 0 Å². The Hall–Kier alpha value is -2.09. The molecule has 17 heavy (non-hydrogen) atoms. The minimum atomic E-state index is -0.275. The summed E-state index contributed by atoms with van der Waals surface area (Å²) in [5.74, 6) is -0.147. The second-order valence-corrected chi connectivity index (χ2v) is 4.23. The number of halogens is 1. The van der Waals surface area contributed by atoms with Crippen LogP contribution in [-0.4, -0.2) is 32.2 Å².